The van der Waals surface area contributed by atoms with E-state index in [4.69, 9.17) is 0 Å². The molecule has 0 saturated heterocycles. The molecule has 0 aliphatic carbocycles. The van der Waals surface area contributed by atoms with Crippen LogP contribution in [0, 0.1) is 0 Å². The Hall–Kier alpha value is -1.90. The number of aromatic nitrogens is 3. The number of hydrogen-bond donors (Lipinski definition) is 0. The summed E-state index contributed by atoms with van der Waals surface area (Å²) >= 11 is 0. The van der Waals surface area contributed by atoms with E-state index in [1.54, 1.807) is 10.9 Å². The van der Waals surface area contributed by atoms with E-state index in [1.165, 1.54) is 0 Å². The number of para-hydroxylation sites is 1. The van der Waals surface area contributed by atoms with Gasteiger partial charge in [0.15, 0.2) is 0 Å². The normalized spacial score (nSPS) is 10.1. The van der Waals surface area contributed by atoms with E-state index in [0.717, 1.165) is 17.0 Å². The standard InChI is InChI=1S/C11H11N3/c1-9(2)11-8-12-13-14(11)10-6-4-3-5-7-10/h3-8H,1H2,2H3. The first kappa shape index (κ1) is 8.69. The summed E-state index contributed by atoms with van der Waals surface area (Å²) in [6, 6.07) is 9.89. The smallest absolute Gasteiger partial charge is 0.0895 e. The van der Waals surface area contributed by atoms with E-state index >= 15 is 0 Å². The van der Waals surface area contributed by atoms with Gasteiger partial charge in [-0.05, 0) is 24.6 Å². The van der Waals surface area contributed by atoms with Gasteiger partial charge >= 0.3 is 0 Å². The molecule has 70 valence electrons. The Bertz CT molecular complexity index is 443. The summed E-state index contributed by atoms with van der Waals surface area (Å²) in [5.74, 6) is 0. The third-order valence-electron chi connectivity index (χ3n) is 1.99. The van der Waals surface area contributed by atoms with Gasteiger partial charge in [-0.25, -0.2) is 4.68 Å². The maximum Gasteiger partial charge on any atom is 0.0895 e. The highest BCUT2D eigenvalue weighted by molar-refractivity contribution is 5.59. The van der Waals surface area contributed by atoms with Crippen LogP contribution >= 0.6 is 0 Å². The summed E-state index contributed by atoms with van der Waals surface area (Å²) in [5, 5.41) is 7.89. The fourth-order valence-corrected chi connectivity index (χ4v) is 1.29. The summed E-state index contributed by atoms with van der Waals surface area (Å²) in [5.41, 5.74) is 2.90. The van der Waals surface area contributed by atoms with Gasteiger partial charge in [0.05, 0.1) is 17.6 Å². The molecule has 0 N–H and O–H groups in total. The maximum absolute atomic E-state index is 4.01. The molecule has 0 atom stereocenters. The van der Waals surface area contributed by atoms with Crippen LogP contribution in [0.2, 0.25) is 0 Å². The third kappa shape index (κ3) is 1.44. The van der Waals surface area contributed by atoms with Gasteiger partial charge < -0.3 is 0 Å². The average Bonchev–Trinajstić information content (AvgIpc) is 2.67. The van der Waals surface area contributed by atoms with E-state index in [0.29, 0.717) is 0 Å². The summed E-state index contributed by atoms with van der Waals surface area (Å²) in [4.78, 5) is 0. The Kier molecular flexibility index (Phi) is 2.14. The fourth-order valence-electron chi connectivity index (χ4n) is 1.29. The molecule has 1 aromatic carbocycles. The van der Waals surface area contributed by atoms with Crippen LogP contribution in [-0.4, -0.2) is 15.0 Å². The van der Waals surface area contributed by atoms with Gasteiger partial charge in [-0.2, -0.15) is 0 Å². The van der Waals surface area contributed by atoms with Crippen LogP contribution in [0.3, 0.4) is 0 Å². The minimum absolute atomic E-state index is 0.941. The number of benzene rings is 1. The summed E-state index contributed by atoms with van der Waals surface area (Å²) in [6.07, 6.45) is 1.72. The SMILES string of the molecule is C=C(C)c1cnnn1-c1ccccc1. The van der Waals surface area contributed by atoms with Crippen LogP contribution in [0.1, 0.15) is 12.6 Å². The Balaban J connectivity index is 2.52. The lowest BCUT2D eigenvalue weighted by Gasteiger charge is -2.04. The van der Waals surface area contributed by atoms with E-state index < -0.39 is 0 Å². The monoisotopic (exact) mass is 185 g/mol. The highest BCUT2D eigenvalue weighted by Crippen LogP contribution is 2.14. The molecule has 3 heteroatoms. The molecule has 2 rings (SSSR count). The number of nitrogens with zero attached hydrogens (tertiary/aromatic N) is 3. The number of hydrogen-bond acceptors (Lipinski definition) is 2. The van der Waals surface area contributed by atoms with Crippen LogP contribution in [-0.2, 0) is 0 Å². The molecular weight excluding hydrogens is 174 g/mol. The van der Waals surface area contributed by atoms with Gasteiger partial charge in [-0.3, -0.25) is 0 Å². The molecule has 0 spiro atoms. The molecule has 1 aromatic heterocycles. The van der Waals surface area contributed by atoms with Gasteiger partial charge in [-0.15, -0.1) is 5.10 Å². The lowest BCUT2D eigenvalue weighted by Crippen LogP contribution is -1.99. The van der Waals surface area contributed by atoms with Gasteiger partial charge in [0.1, 0.15) is 0 Å². The Morgan fingerprint density at radius 1 is 1.29 bits per heavy atom. The second-order valence-electron chi connectivity index (χ2n) is 3.15. The van der Waals surface area contributed by atoms with Crippen LogP contribution in [0.4, 0.5) is 0 Å². The zero-order chi connectivity index (χ0) is 9.97. The van der Waals surface area contributed by atoms with Crippen molar-refractivity contribution in [1.29, 1.82) is 0 Å². The summed E-state index contributed by atoms with van der Waals surface area (Å²) in [6.45, 7) is 5.83. The van der Waals surface area contributed by atoms with Crippen molar-refractivity contribution in [3.05, 3.63) is 48.8 Å². The molecule has 1 heterocycles. The van der Waals surface area contributed by atoms with Gasteiger partial charge in [0.2, 0.25) is 0 Å². The van der Waals surface area contributed by atoms with E-state index in [9.17, 15) is 0 Å². The number of rotatable bonds is 2. The van der Waals surface area contributed by atoms with E-state index in [2.05, 4.69) is 16.9 Å². The number of allylic oxidation sites excluding steroid dienone is 1. The van der Waals surface area contributed by atoms with Crippen molar-refractivity contribution in [2.24, 2.45) is 0 Å². The highest BCUT2D eigenvalue weighted by Gasteiger charge is 2.05. The minimum Gasteiger partial charge on any atom is -0.213 e. The largest absolute Gasteiger partial charge is 0.213 e. The Morgan fingerprint density at radius 2 is 2.00 bits per heavy atom. The van der Waals surface area contributed by atoms with Crippen molar-refractivity contribution < 1.29 is 0 Å². The Morgan fingerprint density at radius 3 is 2.64 bits per heavy atom. The molecule has 0 fully saturated rings. The lowest BCUT2D eigenvalue weighted by molar-refractivity contribution is 0.796. The molecule has 0 unspecified atom stereocenters. The first-order valence-electron chi connectivity index (χ1n) is 4.41. The fraction of sp³-hybridized carbons (Fsp3) is 0.0909. The third-order valence-corrected chi connectivity index (χ3v) is 1.99. The van der Waals surface area contributed by atoms with Crippen molar-refractivity contribution in [1.82, 2.24) is 15.0 Å². The van der Waals surface area contributed by atoms with Gasteiger partial charge in [-0.1, -0.05) is 30.0 Å². The second-order valence-corrected chi connectivity index (χ2v) is 3.15. The minimum atomic E-state index is 0.941. The summed E-state index contributed by atoms with van der Waals surface area (Å²) in [7, 11) is 0. The predicted molar refractivity (Wildman–Crippen MR) is 56.1 cm³/mol. The molecule has 14 heavy (non-hydrogen) atoms. The molecule has 0 aliphatic rings. The average molecular weight is 185 g/mol. The zero-order valence-corrected chi connectivity index (χ0v) is 8.01. The van der Waals surface area contributed by atoms with Crippen molar-refractivity contribution in [3.63, 3.8) is 0 Å². The van der Waals surface area contributed by atoms with Crippen molar-refractivity contribution in [2.45, 2.75) is 6.92 Å². The molecule has 3 nitrogen and oxygen atoms in total. The van der Waals surface area contributed by atoms with Crippen molar-refractivity contribution in [3.8, 4) is 5.69 Å². The molecule has 0 bridgehead atoms. The highest BCUT2D eigenvalue weighted by atomic mass is 15.4. The second kappa shape index (κ2) is 3.46. The molecular formula is C11H11N3. The van der Waals surface area contributed by atoms with Gasteiger partial charge in [0.25, 0.3) is 0 Å². The van der Waals surface area contributed by atoms with Gasteiger partial charge in [0, 0.05) is 0 Å². The molecule has 0 amide bonds. The van der Waals surface area contributed by atoms with E-state index in [-0.39, 0.29) is 0 Å². The first-order chi connectivity index (χ1) is 6.79. The Labute approximate surface area is 82.7 Å². The quantitative estimate of drug-likeness (QED) is 0.718. The van der Waals surface area contributed by atoms with Crippen LogP contribution in [0.25, 0.3) is 11.3 Å². The van der Waals surface area contributed by atoms with Crippen LogP contribution in [0.5, 0.6) is 0 Å². The predicted octanol–water partition coefficient (Wildman–Crippen LogP) is 2.30. The van der Waals surface area contributed by atoms with Crippen LogP contribution in [0.15, 0.2) is 43.1 Å². The first-order valence-corrected chi connectivity index (χ1v) is 4.41. The molecule has 0 aliphatic heterocycles. The topological polar surface area (TPSA) is 30.7 Å². The molecule has 0 radical (unpaired) electrons. The summed E-state index contributed by atoms with van der Waals surface area (Å²) < 4.78 is 1.78. The van der Waals surface area contributed by atoms with E-state index in [1.807, 2.05) is 37.3 Å². The molecule has 2 aromatic rings. The lowest BCUT2D eigenvalue weighted by atomic mass is 10.2. The van der Waals surface area contributed by atoms with Crippen molar-refractivity contribution >= 4 is 5.57 Å². The van der Waals surface area contributed by atoms with Crippen LogP contribution < -0.4 is 0 Å². The zero-order valence-electron chi connectivity index (χ0n) is 8.01. The maximum atomic E-state index is 4.01. The molecule has 0 saturated carbocycles. The van der Waals surface area contributed by atoms with Crippen molar-refractivity contribution in [2.75, 3.05) is 0 Å².